The highest BCUT2D eigenvalue weighted by atomic mass is 35.5. The zero-order valence-corrected chi connectivity index (χ0v) is 11.8. The Hall–Kier alpha value is -2.07. The second kappa shape index (κ2) is 6.39. The van der Waals surface area contributed by atoms with Gasteiger partial charge in [0.2, 0.25) is 5.56 Å². The van der Waals surface area contributed by atoms with Crippen molar-refractivity contribution in [3.63, 3.8) is 0 Å². The molecule has 0 aliphatic rings. The molecule has 104 valence electrons. The molecule has 0 spiro atoms. The molecule has 1 amide bonds. The molecule has 1 heterocycles. The first-order valence-corrected chi connectivity index (χ1v) is 6.67. The van der Waals surface area contributed by atoms with Crippen LogP contribution in [0.2, 0.25) is 5.02 Å². The summed E-state index contributed by atoms with van der Waals surface area (Å²) in [4.78, 5) is 25.6. The van der Waals surface area contributed by atoms with Crippen LogP contribution < -0.4 is 10.9 Å². The first-order valence-electron chi connectivity index (χ1n) is 6.29. The zero-order valence-electron chi connectivity index (χ0n) is 11.0. The number of rotatable bonds is 4. The number of benzene rings is 1. The van der Waals surface area contributed by atoms with Gasteiger partial charge in [-0.05, 0) is 31.0 Å². The molecule has 1 atom stereocenters. The number of carbonyl (C=O) groups is 1. The van der Waals surface area contributed by atoms with Gasteiger partial charge in [-0.1, -0.05) is 29.8 Å². The molecule has 2 rings (SSSR count). The van der Waals surface area contributed by atoms with Gasteiger partial charge in [0.25, 0.3) is 5.91 Å². The van der Waals surface area contributed by atoms with Crippen LogP contribution in [0.5, 0.6) is 0 Å². The maximum Gasteiger partial charge on any atom is 0.251 e. The van der Waals surface area contributed by atoms with Crippen LogP contribution >= 0.6 is 11.6 Å². The third kappa shape index (κ3) is 3.71. The average Bonchev–Trinajstić information content (AvgIpc) is 2.41. The Balaban J connectivity index is 2.01. The Labute approximate surface area is 121 Å². The third-order valence-electron chi connectivity index (χ3n) is 2.90. The number of nitrogens with one attached hydrogen (secondary N) is 2. The van der Waals surface area contributed by atoms with E-state index in [1.165, 1.54) is 12.3 Å². The van der Waals surface area contributed by atoms with Gasteiger partial charge in [0.1, 0.15) is 0 Å². The van der Waals surface area contributed by atoms with Crippen LogP contribution in [0.3, 0.4) is 0 Å². The number of hydrogen-bond acceptors (Lipinski definition) is 2. The maximum absolute atomic E-state index is 12.0. The van der Waals surface area contributed by atoms with E-state index in [1.54, 1.807) is 6.07 Å². The molecule has 4 nitrogen and oxygen atoms in total. The fourth-order valence-corrected chi connectivity index (χ4v) is 2.15. The Bertz CT molecular complexity index is 667. The van der Waals surface area contributed by atoms with Crippen molar-refractivity contribution in [2.24, 2.45) is 0 Å². The van der Waals surface area contributed by atoms with Gasteiger partial charge in [-0.15, -0.1) is 0 Å². The lowest BCUT2D eigenvalue weighted by Crippen LogP contribution is -2.34. The van der Waals surface area contributed by atoms with Crippen molar-refractivity contribution in [1.82, 2.24) is 10.3 Å². The summed E-state index contributed by atoms with van der Waals surface area (Å²) in [5.41, 5.74) is 1.03. The molecule has 2 N–H and O–H groups in total. The minimum Gasteiger partial charge on any atom is -0.349 e. The van der Waals surface area contributed by atoms with E-state index in [4.69, 9.17) is 11.6 Å². The molecule has 0 saturated heterocycles. The van der Waals surface area contributed by atoms with Crippen LogP contribution in [0, 0.1) is 0 Å². The predicted molar refractivity (Wildman–Crippen MR) is 79.1 cm³/mol. The summed E-state index contributed by atoms with van der Waals surface area (Å²) in [6.45, 7) is 1.90. The molecule has 1 unspecified atom stereocenters. The fraction of sp³-hybridized carbons (Fsp3) is 0.200. The van der Waals surface area contributed by atoms with E-state index in [0.717, 1.165) is 5.56 Å². The van der Waals surface area contributed by atoms with Gasteiger partial charge in [0.05, 0.1) is 0 Å². The quantitative estimate of drug-likeness (QED) is 0.908. The number of aromatic amines is 1. The summed E-state index contributed by atoms with van der Waals surface area (Å²) in [5.74, 6) is -0.268. The van der Waals surface area contributed by atoms with Gasteiger partial charge in [-0.2, -0.15) is 0 Å². The van der Waals surface area contributed by atoms with Crippen molar-refractivity contribution >= 4 is 17.5 Å². The number of pyridine rings is 1. The molecule has 1 aromatic heterocycles. The fourth-order valence-electron chi connectivity index (χ4n) is 1.94. The predicted octanol–water partition coefficient (Wildman–Crippen LogP) is 2.39. The molecule has 2 aromatic rings. The van der Waals surface area contributed by atoms with Crippen LogP contribution in [0.25, 0.3) is 0 Å². The van der Waals surface area contributed by atoms with Gasteiger partial charge >= 0.3 is 0 Å². The Kier molecular flexibility index (Phi) is 4.58. The van der Waals surface area contributed by atoms with Gasteiger partial charge in [-0.25, -0.2) is 0 Å². The summed E-state index contributed by atoms with van der Waals surface area (Å²) in [6.07, 6.45) is 2.09. The first kappa shape index (κ1) is 14.3. The normalized spacial score (nSPS) is 11.9. The largest absolute Gasteiger partial charge is 0.349 e. The van der Waals surface area contributed by atoms with Crippen molar-refractivity contribution in [3.05, 3.63) is 69.1 Å². The molecule has 5 heteroatoms. The SMILES string of the molecule is CC(Cc1ccccc1Cl)NC(=O)c1cc[nH]c(=O)c1. The summed E-state index contributed by atoms with van der Waals surface area (Å²) in [7, 11) is 0. The average molecular weight is 291 g/mol. The Morgan fingerprint density at radius 3 is 2.80 bits per heavy atom. The van der Waals surface area contributed by atoms with Crippen LogP contribution in [-0.4, -0.2) is 16.9 Å². The topological polar surface area (TPSA) is 62.0 Å². The summed E-state index contributed by atoms with van der Waals surface area (Å²) in [5, 5.41) is 3.53. The van der Waals surface area contributed by atoms with E-state index in [9.17, 15) is 9.59 Å². The molecule has 0 aliphatic carbocycles. The van der Waals surface area contributed by atoms with Gasteiger partial charge in [0.15, 0.2) is 0 Å². The van der Waals surface area contributed by atoms with Crippen molar-refractivity contribution in [2.45, 2.75) is 19.4 Å². The molecule has 0 saturated carbocycles. The van der Waals surface area contributed by atoms with Gasteiger partial charge < -0.3 is 10.3 Å². The van der Waals surface area contributed by atoms with E-state index in [2.05, 4.69) is 10.3 Å². The van der Waals surface area contributed by atoms with Crippen molar-refractivity contribution in [1.29, 1.82) is 0 Å². The molecule has 0 aliphatic heterocycles. The van der Waals surface area contributed by atoms with Crippen LogP contribution in [0.1, 0.15) is 22.8 Å². The van der Waals surface area contributed by atoms with Crippen molar-refractivity contribution < 1.29 is 4.79 Å². The van der Waals surface area contributed by atoms with Crippen LogP contribution in [0.4, 0.5) is 0 Å². The number of H-pyrrole nitrogens is 1. The van der Waals surface area contributed by atoms with Gasteiger partial charge in [-0.3, -0.25) is 9.59 Å². The zero-order chi connectivity index (χ0) is 14.5. The smallest absolute Gasteiger partial charge is 0.251 e. The lowest BCUT2D eigenvalue weighted by Gasteiger charge is -2.14. The van der Waals surface area contributed by atoms with Crippen LogP contribution in [-0.2, 0) is 6.42 Å². The maximum atomic E-state index is 12.0. The molecule has 0 radical (unpaired) electrons. The molecule has 20 heavy (non-hydrogen) atoms. The lowest BCUT2D eigenvalue weighted by atomic mass is 10.1. The van der Waals surface area contributed by atoms with Crippen LogP contribution in [0.15, 0.2) is 47.4 Å². The molecular formula is C15H15ClN2O2. The molecule has 0 bridgehead atoms. The van der Waals surface area contributed by atoms with E-state index in [1.807, 2.05) is 31.2 Å². The van der Waals surface area contributed by atoms with Crippen molar-refractivity contribution in [3.8, 4) is 0 Å². The summed E-state index contributed by atoms with van der Waals surface area (Å²) < 4.78 is 0. The number of aromatic nitrogens is 1. The minimum absolute atomic E-state index is 0.0818. The highest BCUT2D eigenvalue weighted by Crippen LogP contribution is 2.16. The van der Waals surface area contributed by atoms with E-state index in [-0.39, 0.29) is 17.5 Å². The summed E-state index contributed by atoms with van der Waals surface area (Å²) >= 11 is 6.08. The standard InChI is InChI=1S/C15H15ClN2O2/c1-10(8-11-4-2-3-5-13(11)16)18-15(20)12-6-7-17-14(19)9-12/h2-7,9-10H,8H2,1H3,(H,17,19)(H,18,20). The molecule has 0 fully saturated rings. The monoisotopic (exact) mass is 290 g/mol. The minimum atomic E-state index is -0.295. The number of amides is 1. The van der Waals surface area contributed by atoms with E-state index in [0.29, 0.717) is 17.0 Å². The van der Waals surface area contributed by atoms with E-state index < -0.39 is 0 Å². The molecule has 1 aromatic carbocycles. The number of carbonyl (C=O) groups excluding carboxylic acids is 1. The van der Waals surface area contributed by atoms with E-state index >= 15 is 0 Å². The first-order chi connectivity index (χ1) is 9.56. The second-order valence-electron chi connectivity index (χ2n) is 4.61. The summed E-state index contributed by atoms with van der Waals surface area (Å²) in [6, 6.07) is 10.3. The van der Waals surface area contributed by atoms with Crippen molar-refractivity contribution in [2.75, 3.05) is 0 Å². The highest BCUT2D eigenvalue weighted by molar-refractivity contribution is 6.31. The molecular weight excluding hydrogens is 276 g/mol. The highest BCUT2D eigenvalue weighted by Gasteiger charge is 2.11. The van der Waals surface area contributed by atoms with Gasteiger partial charge in [0, 0.05) is 28.9 Å². The lowest BCUT2D eigenvalue weighted by molar-refractivity contribution is 0.0940. The number of halogens is 1. The second-order valence-corrected chi connectivity index (χ2v) is 5.02. The Morgan fingerprint density at radius 2 is 2.10 bits per heavy atom. The third-order valence-corrected chi connectivity index (χ3v) is 3.27. The number of hydrogen-bond donors (Lipinski definition) is 2. The Morgan fingerprint density at radius 1 is 1.35 bits per heavy atom.